The molecule has 0 saturated heterocycles. The number of amides is 2. The van der Waals surface area contributed by atoms with Gasteiger partial charge in [0.25, 0.3) is 5.69 Å². The Bertz CT molecular complexity index is 1480. The first-order valence-corrected chi connectivity index (χ1v) is 15.1. The van der Waals surface area contributed by atoms with Gasteiger partial charge in [0.15, 0.2) is 0 Å². The summed E-state index contributed by atoms with van der Waals surface area (Å²) in [4.78, 5) is 39.8. The molecular formula is C30H36N4O6S. The van der Waals surface area contributed by atoms with Crippen LogP contribution in [0.4, 0.5) is 11.4 Å². The molecule has 0 aliphatic carbocycles. The maximum atomic E-state index is 14.1. The number of carbonyl (C=O) groups excluding carboxylic acids is 2. The minimum absolute atomic E-state index is 0.0281. The first kappa shape index (κ1) is 31.3. The zero-order valence-corrected chi connectivity index (χ0v) is 24.6. The Morgan fingerprint density at radius 3 is 2.22 bits per heavy atom. The normalized spacial score (nSPS) is 11.9. The molecule has 0 aliphatic heterocycles. The number of non-ortho nitro benzene ring substituents is 1. The molecule has 3 aromatic carbocycles. The number of nitrogens with one attached hydrogen (secondary N) is 1. The monoisotopic (exact) mass is 580 g/mol. The molecular weight excluding hydrogens is 544 g/mol. The first-order valence-electron chi connectivity index (χ1n) is 13.3. The number of aryl methyl sites for hydroxylation is 2. The summed E-state index contributed by atoms with van der Waals surface area (Å²) in [6, 6.07) is 19.7. The van der Waals surface area contributed by atoms with Crippen LogP contribution in [0.15, 0.2) is 72.8 Å². The number of rotatable bonds is 13. The maximum Gasteiger partial charge on any atom is 0.271 e. The molecule has 3 aromatic rings. The molecule has 0 unspecified atom stereocenters. The van der Waals surface area contributed by atoms with E-state index in [4.69, 9.17) is 0 Å². The Labute approximate surface area is 241 Å². The topological polar surface area (TPSA) is 130 Å². The van der Waals surface area contributed by atoms with Gasteiger partial charge in [-0.1, -0.05) is 73.2 Å². The molecule has 1 N–H and O–H groups in total. The Kier molecular flexibility index (Phi) is 10.6. The highest BCUT2D eigenvalue weighted by atomic mass is 32.2. The maximum absolute atomic E-state index is 14.1. The standard InChI is InChI=1S/C30H36N4O6S/c1-5-17-31-30(36)28(18-24-9-7-6-8-10-24)32(20-25-14-11-22(2)12-15-25)29(35)21-33(41(4,39)40)27-19-26(34(37)38)16-13-23(27)3/h6-16,19,28H,5,17-18,20-21H2,1-4H3,(H,31,36)/t28-/m1/s1. The summed E-state index contributed by atoms with van der Waals surface area (Å²) < 4.78 is 26.8. The molecule has 0 radical (unpaired) electrons. The molecule has 218 valence electrons. The van der Waals surface area contributed by atoms with Gasteiger partial charge in [-0.15, -0.1) is 0 Å². The highest BCUT2D eigenvalue weighted by Crippen LogP contribution is 2.28. The molecule has 0 spiro atoms. The van der Waals surface area contributed by atoms with Crippen molar-refractivity contribution in [1.29, 1.82) is 0 Å². The molecule has 0 aliphatic rings. The van der Waals surface area contributed by atoms with Crippen LogP contribution < -0.4 is 9.62 Å². The Morgan fingerprint density at radius 1 is 0.976 bits per heavy atom. The van der Waals surface area contributed by atoms with E-state index in [0.29, 0.717) is 18.5 Å². The van der Waals surface area contributed by atoms with Crippen molar-refractivity contribution in [3.05, 3.63) is 105 Å². The summed E-state index contributed by atoms with van der Waals surface area (Å²) in [5.74, 6) is -0.969. The average Bonchev–Trinajstić information content (AvgIpc) is 2.93. The van der Waals surface area contributed by atoms with E-state index >= 15 is 0 Å². The molecule has 10 nitrogen and oxygen atoms in total. The second-order valence-corrected chi connectivity index (χ2v) is 11.9. The number of anilines is 1. The molecule has 0 bridgehead atoms. The summed E-state index contributed by atoms with van der Waals surface area (Å²) in [5, 5.41) is 14.3. The van der Waals surface area contributed by atoms with Gasteiger partial charge in [0, 0.05) is 31.6 Å². The van der Waals surface area contributed by atoms with Crippen LogP contribution >= 0.6 is 0 Å². The third kappa shape index (κ3) is 8.62. The second kappa shape index (κ2) is 13.9. The summed E-state index contributed by atoms with van der Waals surface area (Å²) in [6.07, 6.45) is 1.85. The lowest BCUT2D eigenvalue weighted by atomic mass is 10.0. The fourth-order valence-electron chi connectivity index (χ4n) is 4.38. The predicted molar refractivity (Wildman–Crippen MR) is 159 cm³/mol. The summed E-state index contributed by atoms with van der Waals surface area (Å²) in [7, 11) is -4.05. The predicted octanol–water partition coefficient (Wildman–Crippen LogP) is 4.14. The van der Waals surface area contributed by atoms with Crippen molar-refractivity contribution in [2.45, 2.75) is 46.2 Å². The fraction of sp³-hybridized carbons (Fsp3) is 0.333. The van der Waals surface area contributed by atoms with Crippen LogP contribution in [0.1, 0.15) is 35.6 Å². The Balaban J connectivity index is 2.09. The molecule has 0 fully saturated rings. The fourth-order valence-corrected chi connectivity index (χ4v) is 5.28. The van der Waals surface area contributed by atoms with Gasteiger partial charge in [0.05, 0.1) is 16.9 Å². The zero-order chi connectivity index (χ0) is 30.2. The lowest BCUT2D eigenvalue weighted by Crippen LogP contribution is -2.53. The van der Waals surface area contributed by atoms with Gasteiger partial charge >= 0.3 is 0 Å². The number of nitro benzene ring substituents is 1. The lowest BCUT2D eigenvalue weighted by Gasteiger charge is -2.33. The lowest BCUT2D eigenvalue weighted by molar-refractivity contribution is -0.384. The van der Waals surface area contributed by atoms with Gasteiger partial charge < -0.3 is 10.2 Å². The van der Waals surface area contributed by atoms with E-state index in [1.165, 1.54) is 17.0 Å². The minimum Gasteiger partial charge on any atom is -0.354 e. The molecule has 0 aromatic heterocycles. The van der Waals surface area contributed by atoms with E-state index in [9.17, 15) is 28.1 Å². The van der Waals surface area contributed by atoms with E-state index in [2.05, 4.69) is 5.32 Å². The van der Waals surface area contributed by atoms with Crippen LogP contribution in [0, 0.1) is 24.0 Å². The van der Waals surface area contributed by atoms with Crippen molar-refractivity contribution < 1.29 is 22.9 Å². The van der Waals surface area contributed by atoms with Crippen molar-refractivity contribution in [3.8, 4) is 0 Å². The molecule has 1 atom stereocenters. The molecule has 3 rings (SSSR count). The molecule has 41 heavy (non-hydrogen) atoms. The van der Waals surface area contributed by atoms with Crippen LogP contribution in [-0.4, -0.2) is 55.4 Å². The molecule has 0 heterocycles. The Morgan fingerprint density at radius 2 is 1.63 bits per heavy atom. The van der Waals surface area contributed by atoms with Gasteiger partial charge in [-0.25, -0.2) is 8.42 Å². The van der Waals surface area contributed by atoms with E-state index in [-0.39, 0.29) is 30.2 Å². The van der Waals surface area contributed by atoms with Gasteiger partial charge in [0.1, 0.15) is 12.6 Å². The Hall–Kier alpha value is -4.25. The molecule has 2 amide bonds. The number of hydrogen-bond donors (Lipinski definition) is 1. The molecule has 11 heteroatoms. The van der Waals surface area contributed by atoms with Crippen LogP contribution in [0.3, 0.4) is 0 Å². The van der Waals surface area contributed by atoms with E-state index in [1.807, 2.05) is 68.4 Å². The van der Waals surface area contributed by atoms with E-state index in [1.54, 1.807) is 6.92 Å². The average molecular weight is 581 g/mol. The number of carbonyl (C=O) groups is 2. The number of nitro groups is 1. The third-order valence-electron chi connectivity index (χ3n) is 6.65. The quantitative estimate of drug-likeness (QED) is 0.239. The zero-order valence-electron chi connectivity index (χ0n) is 23.7. The summed E-state index contributed by atoms with van der Waals surface area (Å²) in [6.45, 7) is 5.31. The smallest absolute Gasteiger partial charge is 0.271 e. The number of sulfonamides is 1. The van der Waals surface area contributed by atoms with Crippen molar-refractivity contribution in [1.82, 2.24) is 10.2 Å². The summed E-state index contributed by atoms with van der Waals surface area (Å²) in [5.41, 5.74) is 2.80. The van der Waals surface area contributed by atoms with Crippen molar-refractivity contribution in [2.24, 2.45) is 0 Å². The largest absolute Gasteiger partial charge is 0.354 e. The van der Waals surface area contributed by atoms with Crippen LogP contribution in [0.2, 0.25) is 0 Å². The van der Waals surface area contributed by atoms with Crippen LogP contribution in [0.25, 0.3) is 0 Å². The van der Waals surface area contributed by atoms with Crippen molar-refractivity contribution in [3.63, 3.8) is 0 Å². The number of hydrogen-bond acceptors (Lipinski definition) is 6. The number of benzene rings is 3. The SMILES string of the molecule is CCCNC(=O)[C@@H](Cc1ccccc1)N(Cc1ccc(C)cc1)C(=O)CN(c1cc([N+](=O)[O-])ccc1C)S(C)(=O)=O. The minimum atomic E-state index is -4.05. The van der Waals surface area contributed by atoms with E-state index < -0.39 is 33.4 Å². The van der Waals surface area contributed by atoms with Crippen molar-refractivity contribution >= 4 is 33.2 Å². The third-order valence-corrected chi connectivity index (χ3v) is 7.77. The highest BCUT2D eigenvalue weighted by molar-refractivity contribution is 7.92. The second-order valence-electron chi connectivity index (χ2n) is 10.0. The van der Waals surface area contributed by atoms with Crippen molar-refractivity contribution in [2.75, 3.05) is 23.7 Å². The van der Waals surface area contributed by atoms with Crippen LogP contribution in [-0.2, 0) is 32.6 Å². The van der Waals surface area contributed by atoms with Gasteiger partial charge in [0.2, 0.25) is 21.8 Å². The number of nitrogens with zero attached hydrogens (tertiary/aromatic N) is 3. The van der Waals surface area contributed by atoms with Gasteiger partial charge in [-0.2, -0.15) is 0 Å². The van der Waals surface area contributed by atoms with E-state index in [0.717, 1.165) is 33.3 Å². The first-order chi connectivity index (χ1) is 19.4. The highest BCUT2D eigenvalue weighted by Gasteiger charge is 2.33. The molecule has 0 saturated carbocycles. The van der Waals surface area contributed by atoms with Gasteiger partial charge in [-0.3, -0.25) is 24.0 Å². The van der Waals surface area contributed by atoms with Crippen LogP contribution in [0.5, 0.6) is 0 Å². The summed E-state index contributed by atoms with van der Waals surface area (Å²) >= 11 is 0. The van der Waals surface area contributed by atoms with Gasteiger partial charge in [-0.05, 0) is 37.0 Å².